The van der Waals surface area contributed by atoms with E-state index >= 15 is 0 Å². The second-order valence-electron chi connectivity index (χ2n) is 4.12. The van der Waals surface area contributed by atoms with Crippen LogP contribution in [0.4, 0.5) is 0 Å². The van der Waals surface area contributed by atoms with Gasteiger partial charge >= 0.3 is 5.97 Å². The quantitative estimate of drug-likeness (QED) is 0.719. The van der Waals surface area contributed by atoms with Crippen molar-refractivity contribution in [2.75, 3.05) is 13.7 Å². The minimum absolute atomic E-state index is 0.258. The van der Waals surface area contributed by atoms with E-state index in [1.54, 1.807) is 0 Å². The molecule has 0 radical (unpaired) electrons. The summed E-state index contributed by atoms with van der Waals surface area (Å²) in [4.78, 5) is 33.3. The van der Waals surface area contributed by atoms with Gasteiger partial charge in [0.15, 0.2) is 0 Å². The zero-order valence-corrected chi connectivity index (χ0v) is 10.2. The van der Waals surface area contributed by atoms with Crippen LogP contribution in [0.5, 0.6) is 0 Å². The fourth-order valence-electron chi connectivity index (χ4n) is 2.11. The Labute approximate surface area is 105 Å². The highest BCUT2D eigenvalue weighted by Gasteiger charge is 2.33. The van der Waals surface area contributed by atoms with Crippen molar-refractivity contribution in [1.82, 2.24) is 14.9 Å². The first kappa shape index (κ1) is 12.5. The highest BCUT2D eigenvalue weighted by atomic mass is 16.5. The van der Waals surface area contributed by atoms with Crippen molar-refractivity contribution in [3.63, 3.8) is 0 Å². The predicted molar refractivity (Wildman–Crippen MR) is 62.7 cm³/mol. The van der Waals surface area contributed by atoms with E-state index in [1.165, 1.54) is 30.6 Å². The zero-order valence-electron chi connectivity index (χ0n) is 10.2. The van der Waals surface area contributed by atoms with Gasteiger partial charge in [0.1, 0.15) is 11.7 Å². The normalized spacial score (nSPS) is 19.4. The fourth-order valence-corrected chi connectivity index (χ4v) is 2.11. The number of piperidine rings is 1. The lowest BCUT2D eigenvalue weighted by molar-refractivity contribution is -0.147. The molecule has 0 aliphatic carbocycles. The minimum Gasteiger partial charge on any atom is -0.467 e. The van der Waals surface area contributed by atoms with Gasteiger partial charge in [-0.2, -0.15) is 0 Å². The molecule has 1 aromatic heterocycles. The lowest BCUT2D eigenvalue weighted by Gasteiger charge is -2.33. The number of carbonyl (C=O) groups is 2. The minimum atomic E-state index is -0.502. The Bertz CT molecular complexity index is 435. The number of amides is 1. The number of esters is 1. The second-order valence-corrected chi connectivity index (χ2v) is 4.12. The van der Waals surface area contributed by atoms with Gasteiger partial charge in [0.2, 0.25) is 0 Å². The number of rotatable bonds is 2. The maximum absolute atomic E-state index is 12.2. The first-order valence-corrected chi connectivity index (χ1v) is 5.89. The van der Waals surface area contributed by atoms with E-state index in [2.05, 4.69) is 9.97 Å². The fraction of sp³-hybridized carbons (Fsp3) is 0.500. The smallest absolute Gasteiger partial charge is 0.328 e. The van der Waals surface area contributed by atoms with E-state index in [0.29, 0.717) is 13.0 Å². The van der Waals surface area contributed by atoms with Crippen molar-refractivity contribution in [1.29, 1.82) is 0 Å². The average Bonchev–Trinajstić information content (AvgIpc) is 2.46. The summed E-state index contributed by atoms with van der Waals surface area (Å²) >= 11 is 0. The summed E-state index contributed by atoms with van der Waals surface area (Å²) in [5, 5.41) is 0. The van der Waals surface area contributed by atoms with Crippen molar-refractivity contribution >= 4 is 11.9 Å². The number of hydrogen-bond acceptors (Lipinski definition) is 5. The van der Waals surface area contributed by atoms with Crippen molar-refractivity contribution in [3.05, 3.63) is 24.3 Å². The highest BCUT2D eigenvalue weighted by Crippen LogP contribution is 2.19. The number of likely N-dealkylation sites (tertiary alicyclic amines) is 1. The van der Waals surface area contributed by atoms with Crippen LogP contribution in [-0.4, -0.2) is 46.4 Å². The molecule has 0 spiro atoms. The average molecular weight is 249 g/mol. The summed E-state index contributed by atoms with van der Waals surface area (Å²) in [5.41, 5.74) is 0.258. The molecule has 0 saturated carbocycles. The van der Waals surface area contributed by atoms with Crippen LogP contribution in [-0.2, 0) is 9.53 Å². The van der Waals surface area contributed by atoms with Crippen molar-refractivity contribution < 1.29 is 14.3 Å². The van der Waals surface area contributed by atoms with Gasteiger partial charge in [0.25, 0.3) is 5.91 Å². The first-order chi connectivity index (χ1) is 8.74. The summed E-state index contributed by atoms with van der Waals surface area (Å²) in [5.74, 6) is -0.634. The Balaban J connectivity index is 2.19. The summed E-state index contributed by atoms with van der Waals surface area (Å²) in [7, 11) is 1.34. The molecule has 0 unspecified atom stereocenters. The summed E-state index contributed by atoms with van der Waals surface area (Å²) in [6.45, 7) is 0.551. The van der Waals surface area contributed by atoms with Crippen molar-refractivity contribution in [3.8, 4) is 0 Å². The molecule has 1 aliphatic heterocycles. The summed E-state index contributed by atoms with van der Waals surface area (Å²) in [6, 6.07) is -0.502. The van der Waals surface area contributed by atoms with Crippen LogP contribution in [0.3, 0.4) is 0 Å². The molecule has 1 atom stereocenters. The summed E-state index contributed by atoms with van der Waals surface area (Å²) < 4.78 is 4.74. The predicted octanol–water partition coefficient (Wildman–Crippen LogP) is 0.644. The molecular formula is C12H15N3O3. The van der Waals surface area contributed by atoms with Gasteiger partial charge in [-0.1, -0.05) is 0 Å². The molecule has 0 N–H and O–H groups in total. The summed E-state index contributed by atoms with van der Waals surface area (Å²) in [6.07, 6.45) is 6.82. The molecule has 1 fully saturated rings. The van der Waals surface area contributed by atoms with Gasteiger partial charge in [-0.05, 0) is 19.3 Å². The van der Waals surface area contributed by atoms with Crippen LogP contribution in [0.25, 0.3) is 0 Å². The molecule has 1 aliphatic rings. The zero-order chi connectivity index (χ0) is 13.0. The molecule has 18 heavy (non-hydrogen) atoms. The van der Waals surface area contributed by atoms with Gasteiger partial charge < -0.3 is 9.64 Å². The number of carbonyl (C=O) groups excluding carboxylic acids is 2. The molecule has 2 heterocycles. The highest BCUT2D eigenvalue weighted by molar-refractivity contribution is 5.95. The molecule has 0 aromatic carbocycles. The van der Waals surface area contributed by atoms with E-state index in [4.69, 9.17) is 4.74 Å². The van der Waals surface area contributed by atoms with Crippen LogP contribution in [0.1, 0.15) is 29.8 Å². The lowest BCUT2D eigenvalue weighted by Crippen LogP contribution is -2.48. The Hall–Kier alpha value is -1.98. The topological polar surface area (TPSA) is 72.4 Å². The van der Waals surface area contributed by atoms with Crippen LogP contribution in [0.2, 0.25) is 0 Å². The molecule has 0 bridgehead atoms. The largest absolute Gasteiger partial charge is 0.467 e. The molecule has 2 rings (SSSR count). The third kappa shape index (κ3) is 2.47. The maximum Gasteiger partial charge on any atom is 0.328 e. The van der Waals surface area contributed by atoms with Crippen molar-refractivity contribution in [2.24, 2.45) is 0 Å². The van der Waals surface area contributed by atoms with Crippen LogP contribution in [0, 0.1) is 0 Å². The van der Waals surface area contributed by atoms with Gasteiger partial charge in [-0.25, -0.2) is 9.78 Å². The van der Waals surface area contributed by atoms with Crippen LogP contribution >= 0.6 is 0 Å². The number of hydrogen-bond donors (Lipinski definition) is 0. The Morgan fingerprint density at radius 3 is 2.89 bits per heavy atom. The monoisotopic (exact) mass is 249 g/mol. The second kappa shape index (κ2) is 5.57. The van der Waals surface area contributed by atoms with E-state index in [-0.39, 0.29) is 17.6 Å². The van der Waals surface area contributed by atoms with Gasteiger partial charge in [-0.3, -0.25) is 9.78 Å². The molecule has 1 aromatic rings. The van der Waals surface area contributed by atoms with Gasteiger partial charge in [0.05, 0.1) is 13.3 Å². The number of aromatic nitrogens is 2. The molecule has 1 amide bonds. The van der Waals surface area contributed by atoms with E-state index < -0.39 is 6.04 Å². The number of nitrogens with zero attached hydrogens (tertiary/aromatic N) is 3. The molecule has 96 valence electrons. The van der Waals surface area contributed by atoms with Crippen LogP contribution < -0.4 is 0 Å². The molecule has 1 saturated heterocycles. The molecule has 6 heteroatoms. The third-order valence-corrected chi connectivity index (χ3v) is 3.02. The first-order valence-electron chi connectivity index (χ1n) is 5.89. The van der Waals surface area contributed by atoms with E-state index in [0.717, 1.165) is 12.8 Å². The Kier molecular flexibility index (Phi) is 3.86. The van der Waals surface area contributed by atoms with E-state index in [9.17, 15) is 9.59 Å². The van der Waals surface area contributed by atoms with Crippen molar-refractivity contribution in [2.45, 2.75) is 25.3 Å². The van der Waals surface area contributed by atoms with Gasteiger partial charge in [-0.15, -0.1) is 0 Å². The number of methoxy groups -OCH3 is 1. The van der Waals surface area contributed by atoms with Gasteiger partial charge in [0, 0.05) is 18.9 Å². The van der Waals surface area contributed by atoms with Crippen LogP contribution in [0.15, 0.2) is 18.6 Å². The molecular weight excluding hydrogens is 234 g/mol. The van der Waals surface area contributed by atoms with E-state index in [1.807, 2.05) is 0 Å². The Morgan fingerprint density at radius 1 is 1.39 bits per heavy atom. The number of ether oxygens (including phenoxy) is 1. The lowest BCUT2D eigenvalue weighted by atomic mass is 10.0. The maximum atomic E-state index is 12.2. The SMILES string of the molecule is COC(=O)[C@H]1CCCCN1C(=O)c1cnccn1. The molecule has 6 nitrogen and oxygen atoms in total. The Morgan fingerprint density at radius 2 is 2.22 bits per heavy atom. The third-order valence-electron chi connectivity index (χ3n) is 3.02. The standard InChI is InChI=1S/C12H15N3O3/c1-18-12(17)10-4-2-3-7-15(10)11(16)9-8-13-5-6-14-9/h5-6,8,10H,2-4,7H2,1H3/t10-/m1/s1.